The van der Waals surface area contributed by atoms with Crippen molar-refractivity contribution in [2.75, 3.05) is 26.8 Å². The van der Waals surface area contributed by atoms with Gasteiger partial charge in [0, 0.05) is 20.1 Å². The lowest BCUT2D eigenvalue weighted by molar-refractivity contribution is -0.209. The number of nitrogens with zero attached hydrogens (tertiary/aromatic N) is 1. The van der Waals surface area contributed by atoms with Gasteiger partial charge < -0.3 is 14.4 Å². The highest BCUT2D eigenvalue weighted by Crippen LogP contribution is 2.61. The Kier molecular flexibility index (Phi) is 3.17. The molecule has 6 rings (SSSR count). The summed E-state index contributed by atoms with van der Waals surface area (Å²) in [6, 6.07) is 0. The predicted octanol–water partition coefficient (Wildman–Crippen LogP) is 2.61. The molecule has 2 saturated heterocycles. The quantitative estimate of drug-likeness (QED) is 0.785. The number of amides is 1. The van der Waals surface area contributed by atoms with Crippen molar-refractivity contribution in [3.05, 3.63) is 0 Å². The fraction of sp³-hybridized carbons (Fsp3) is 0.947. The molecule has 0 radical (unpaired) electrons. The van der Waals surface area contributed by atoms with Crippen molar-refractivity contribution in [1.29, 1.82) is 0 Å². The first-order chi connectivity index (χ1) is 11.1. The van der Waals surface area contributed by atoms with Crippen molar-refractivity contribution < 1.29 is 14.3 Å². The van der Waals surface area contributed by atoms with Gasteiger partial charge in [0.1, 0.15) is 5.60 Å². The fourth-order valence-electron chi connectivity index (χ4n) is 6.91. The first kappa shape index (κ1) is 14.7. The van der Waals surface area contributed by atoms with Gasteiger partial charge in [0.25, 0.3) is 0 Å². The second-order valence-electron chi connectivity index (χ2n) is 9.24. The van der Waals surface area contributed by atoms with E-state index in [4.69, 9.17) is 9.47 Å². The van der Waals surface area contributed by atoms with Crippen molar-refractivity contribution in [2.24, 2.45) is 23.2 Å². The van der Waals surface area contributed by atoms with Gasteiger partial charge in [-0.3, -0.25) is 4.79 Å². The number of likely N-dealkylation sites (tertiary alicyclic amines) is 1. The number of hydrogen-bond acceptors (Lipinski definition) is 3. The van der Waals surface area contributed by atoms with E-state index in [1.54, 1.807) is 7.11 Å². The van der Waals surface area contributed by atoms with Gasteiger partial charge in [0.2, 0.25) is 5.91 Å². The lowest BCUT2D eigenvalue weighted by Crippen LogP contribution is -2.70. The molecule has 23 heavy (non-hydrogen) atoms. The normalized spacial score (nSPS) is 46.9. The van der Waals surface area contributed by atoms with Crippen LogP contribution < -0.4 is 0 Å². The van der Waals surface area contributed by atoms with Crippen LogP contribution in [0.4, 0.5) is 0 Å². The zero-order valence-corrected chi connectivity index (χ0v) is 14.3. The molecule has 6 aliphatic rings. The van der Waals surface area contributed by atoms with E-state index in [0.29, 0.717) is 12.0 Å². The highest BCUT2D eigenvalue weighted by molar-refractivity contribution is 5.84. The molecule has 4 aliphatic carbocycles. The molecule has 0 aromatic rings. The molecule has 0 unspecified atom stereocenters. The van der Waals surface area contributed by atoms with E-state index in [1.807, 2.05) is 0 Å². The van der Waals surface area contributed by atoms with Crippen LogP contribution in [0.5, 0.6) is 0 Å². The molecule has 1 amide bonds. The molecule has 1 atom stereocenters. The Morgan fingerprint density at radius 2 is 1.65 bits per heavy atom. The molecule has 4 heteroatoms. The van der Waals surface area contributed by atoms with Gasteiger partial charge in [-0.1, -0.05) is 0 Å². The molecule has 0 aromatic heterocycles. The predicted molar refractivity (Wildman–Crippen MR) is 85.9 cm³/mol. The lowest BCUT2D eigenvalue weighted by Gasteiger charge is -2.60. The third-order valence-corrected chi connectivity index (χ3v) is 7.52. The molecule has 6 fully saturated rings. The van der Waals surface area contributed by atoms with Crippen LogP contribution in [-0.2, 0) is 14.3 Å². The summed E-state index contributed by atoms with van der Waals surface area (Å²) in [5.74, 6) is 2.98. The molecule has 2 heterocycles. The maximum absolute atomic E-state index is 13.3. The number of carbonyl (C=O) groups excluding carboxylic acids is 1. The zero-order chi connectivity index (χ0) is 15.7. The topological polar surface area (TPSA) is 38.8 Å². The smallest absolute Gasteiger partial charge is 0.229 e. The third-order valence-electron chi connectivity index (χ3n) is 7.52. The summed E-state index contributed by atoms with van der Waals surface area (Å²) in [5.41, 5.74) is -0.0947. The molecule has 1 spiro atoms. The number of carbonyl (C=O) groups is 1. The first-order valence-electron chi connectivity index (χ1n) is 9.56. The standard InChI is InChI=1S/C19H29NO3/c1-22-16-2-3-23-19(10-16)11-20(12-19)17(21)18-7-13-4-14(8-18)6-15(5-13)9-18/h13-16H,2-12H2,1H3/t13?,14?,15?,16-,18?/m1/s1. The van der Waals surface area contributed by atoms with E-state index >= 15 is 0 Å². The first-order valence-corrected chi connectivity index (χ1v) is 9.56. The SMILES string of the molecule is CO[C@@H]1CCOC2(C1)CN(C(=O)C13CC4CC(CC(C4)C1)C3)C2. The molecule has 0 aromatic carbocycles. The third kappa shape index (κ3) is 2.21. The Bertz CT molecular complexity index is 475. The summed E-state index contributed by atoms with van der Waals surface area (Å²) < 4.78 is 11.6. The molecule has 128 valence electrons. The largest absolute Gasteiger partial charge is 0.381 e. The summed E-state index contributed by atoms with van der Waals surface area (Å²) >= 11 is 0. The van der Waals surface area contributed by atoms with Gasteiger partial charge in [-0.05, 0) is 62.7 Å². The minimum absolute atomic E-state index is 0.00564. The van der Waals surface area contributed by atoms with Crippen LogP contribution in [-0.4, -0.2) is 49.3 Å². The molecule has 4 nitrogen and oxygen atoms in total. The summed E-state index contributed by atoms with van der Waals surface area (Å²) in [4.78, 5) is 15.4. The van der Waals surface area contributed by atoms with Crippen LogP contribution in [0.25, 0.3) is 0 Å². The van der Waals surface area contributed by atoms with Crippen molar-refractivity contribution >= 4 is 5.91 Å². The number of rotatable bonds is 2. The maximum atomic E-state index is 13.3. The second-order valence-corrected chi connectivity index (χ2v) is 9.24. The van der Waals surface area contributed by atoms with E-state index in [-0.39, 0.29) is 11.0 Å². The summed E-state index contributed by atoms with van der Waals surface area (Å²) in [6.07, 6.45) is 9.95. The monoisotopic (exact) mass is 319 g/mol. The summed E-state index contributed by atoms with van der Waals surface area (Å²) in [7, 11) is 1.79. The molecular formula is C19H29NO3. The van der Waals surface area contributed by atoms with E-state index < -0.39 is 0 Å². The fourth-order valence-corrected chi connectivity index (χ4v) is 6.91. The summed E-state index contributed by atoms with van der Waals surface area (Å²) in [6.45, 7) is 2.37. The van der Waals surface area contributed by atoms with Crippen molar-refractivity contribution in [3.63, 3.8) is 0 Å². The average Bonchev–Trinajstić information content (AvgIpc) is 2.50. The number of hydrogen-bond donors (Lipinski definition) is 0. The minimum Gasteiger partial charge on any atom is -0.381 e. The van der Waals surface area contributed by atoms with Gasteiger partial charge in [0.05, 0.1) is 24.6 Å². The van der Waals surface area contributed by atoms with E-state index in [1.165, 1.54) is 38.5 Å². The van der Waals surface area contributed by atoms with Gasteiger partial charge in [-0.15, -0.1) is 0 Å². The Morgan fingerprint density at radius 3 is 2.22 bits per heavy atom. The van der Waals surface area contributed by atoms with Gasteiger partial charge in [0.15, 0.2) is 0 Å². The minimum atomic E-state index is -0.100. The Morgan fingerprint density at radius 1 is 1.04 bits per heavy atom. The van der Waals surface area contributed by atoms with E-state index in [2.05, 4.69) is 4.90 Å². The molecular weight excluding hydrogens is 290 g/mol. The van der Waals surface area contributed by atoms with Crippen LogP contribution in [0.15, 0.2) is 0 Å². The van der Waals surface area contributed by atoms with Gasteiger partial charge >= 0.3 is 0 Å². The highest BCUT2D eigenvalue weighted by atomic mass is 16.5. The van der Waals surface area contributed by atoms with E-state index in [9.17, 15) is 4.79 Å². The van der Waals surface area contributed by atoms with Crippen LogP contribution in [0.1, 0.15) is 51.4 Å². The lowest BCUT2D eigenvalue weighted by atomic mass is 9.49. The van der Waals surface area contributed by atoms with Crippen LogP contribution in [0, 0.1) is 23.2 Å². The van der Waals surface area contributed by atoms with Crippen molar-refractivity contribution in [1.82, 2.24) is 4.90 Å². The molecule has 2 aliphatic heterocycles. The highest BCUT2D eigenvalue weighted by Gasteiger charge is 2.59. The Balaban J connectivity index is 1.28. The van der Waals surface area contributed by atoms with Crippen LogP contribution in [0.3, 0.4) is 0 Å². The average molecular weight is 319 g/mol. The zero-order valence-electron chi connectivity index (χ0n) is 14.3. The number of ether oxygens (including phenoxy) is 2. The number of methoxy groups -OCH3 is 1. The van der Waals surface area contributed by atoms with E-state index in [0.717, 1.165) is 50.3 Å². The van der Waals surface area contributed by atoms with Crippen molar-refractivity contribution in [3.8, 4) is 0 Å². The van der Waals surface area contributed by atoms with Crippen LogP contribution in [0.2, 0.25) is 0 Å². The summed E-state index contributed by atoms with van der Waals surface area (Å²) in [5, 5.41) is 0. The van der Waals surface area contributed by atoms with Gasteiger partial charge in [-0.2, -0.15) is 0 Å². The maximum Gasteiger partial charge on any atom is 0.229 e. The second kappa shape index (κ2) is 4.95. The Labute approximate surface area is 138 Å². The van der Waals surface area contributed by atoms with Gasteiger partial charge in [-0.25, -0.2) is 0 Å². The molecule has 0 N–H and O–H groups in total. The molecule has 4 bridgehead atoms. The van der Waals surface area contributed by atoms with Crippen molar-refractivity contribution in [2.45, 2.75) is 63.1 Å². The van der Waals surface area contributed by atoms with Crippen LogP contribution >= 0.6 is 0 Å². The Hall–Kier alpha value is -0.610. The molecule has 4 saturated carbocycles.